The van der Waals surface area contributed by atoms with E-state index in [1.807, 2.05) is 0 Å². The van der Waals surface area contributed by atoms with Gasteiger partial charge >= 0.3 is 0 Å². The molecule has 1 aromatic heterocycles. The van der Waals surface area contributed by atoms with Gasteiger partial charge in [0.05, 0.1) is 16.7 Å². The summed E-state index contributed by atoms with van der Waals surface area (Å²) < 4.78 is 2.45. The van der Waals surface area contributed by atoms with Gasteiger partial charge in [-0.05, 0) is 96.6 Å². The van der Waals surface area contributed by atoms with E-state index in [1.54, 1.807) is 0 Å². The van der Waals surface area contributed by atoms with Crippen LogP contribution in [0.25, 0.3) is 93.2 Å². The molecule has 0 saturated carbocycles. The van der Waals surface area contributed by atoms with Crippen LogP contribution >= 0.6 is 0 Å². The lowest BCUT2D eigenvalue weighted by molar-refractivity contribution is 1.14. The Kier molecular flexibility index (Phi) is 6.85. The average Bonchev–Trinajstić information content (AvgIpc) is 3.54. The number of nitrogens with zero attached hydrogens (tertiary/aromatic N) is 1. The Labute approximate surface area is 297 Å². The molecule has 0 bridgehead atoms. The molecule has 0 unspecified atom stereocenters. The van der Waals surface area contributed by atoms with Crippen molar-refractivity contribution in [2.45, 2.75) is 13.3 Å². The molecule has 0 aliphatic heterocycles. The topological polar surface area (TPSA) is 4.93 Å². The fourth-order valence-corrected chi connectivity index (χ4v) is 8.54. The van der Waals surface area contributed by atoms with Crippen molar-refractivity contribution in [1.82, 2.24) is 4.57 Å². The predicted octanol–water partition coefficient (Wildman–Crippen LogP) is 13.8. The molecule has 1 nitrogen and oxygen atoms in total. The van der Waals surface area contributed by atoms with E-state index in [0.29, 0.717) is 0 Å². The minimum atomic E-state index is 0.993. The van der Waals surface area contributed by atoms with Crippen molar-refractivity contribution in [3.05, 3.63) is 188 Å². The highest BCUT2D eigenvalue weighted by molar-refractivity contribution is 6.24. The maximum Gasteiger partial charge on any atom is 0.0541 e. The summed E-state index contributed by atoms with van der Waals surface area (Å²) in [5.74, 6) is 0. The number of para-hydroxylation sites is 2. The van der Waals surface area contributed by atoms with Crippen molar-refractivity contribution in [2.75, 3.05) is 0 Å². The normalized spacial score (nSPS) is 11.7. The molecule has 0 atom stereocenters. The molecule has 0 radical (unpaired) electrons. The van der Waals surface area contributed by atoms with E-state index < -0.39 is 0 Å². The lowest BCUT2D eigenvalue weighted by atomic mass is 9.83. The van der Waals surface area contributed by atoms with Gasteiger partial charge in [-0.25, -0.2) is 0 Å². The Balaban J connectivity index is 1.32. The highest BCUT2D eigenvalue weighted by Gasteiger charge is 2.21. The Morgan fingerprint density at radius 3 is 1.61 bits per heavy atom. The lowest BCUT2D eigenvalue weighted by Gasteiger charge is -2.21. The molecule has 1 heteroatoms. The monoisotopic (exact) mass is 649 g/mol. The van der Waals surface area contributed by atoms with Crippen LogP contribution in [0.3, 0.4) is 0 Å². The van der Waals surface area contributed by atoms with Crippen LogP contribution in [0.5, 0.6) is 0 Å². The molecule has 0 aliphatic rings. The molecule has 10 rings (SSSR count). The first-order valence-electron chi connectivity index (χ1n) is 17.9. The van der Waals surface area contributed by atoms with Crippen LogP contribution in [0.4, 0.5) is 0 Å². The number of aromatic nitrogens is 1. The van der Waals surface area contributed by atoms with Gasteiger partial charge in [0, 0.05) is 16.2 Å². The molecule has 0 N–H and O–H groups in total. The van der Waals surface area contributed by atoms with Crippen molar-refractivity contribution < 1.29 is 0 Å². The van der Waals surface area contributed by atoms with Crippen LogP contribution in [0.1, 0.15) is 12.5 Å². The van der Waals surface area contributed by atoms with E-state index in [1.165, 1.54) is 98.8 Å². The molecule has 10 aromatic rings. The lowest BCUT2D eigenvalue weighted by Crippen LogP contribution is -1.97. The molecule has 0 saturated heterocycles. The van der Waals surface area contributed by atoms with Crippen molar-refractivity contribution in [3.63, 3.8) is 0 Å². The average molecular weight is 650 g/mol. The first-order valence-corrected chi connectivity index (χ1v) is 17.9. The van der Waals surface area contributed by atoms with Crippen LogP contribution in [0, 0.1) is 0 Å². The van der Waals surface area contributed by atoms with Crippen LogP contribution < -0.4 is 0 Å². The minimum Gasteiger partial charge on any atom is -0.309 e. The maximum atomic E-state index is 2.45. The molecule has 1 heterocycles. The summed E-state index contributed by atoms with van der Waals surface area (Å²) >= 11 is 0. The third-order valence-electron chi connectivity index (χ3n) is 10.8. The summed E-state index contributed by atoms with van der Waals surface area (Å²) in [4.78, 5) is 0. The van der Waals surface area contributed by atoms with Gasteiger partial charge in [-0.1, -0.05) is 165 Å². The quantitative estimate of drug-likeness (QED) is 0.164. The van der Waals surface area contributed by atoms with E-state index in [-0.39, 0.29) is 0 Å². The fraction of sp³-hybridized carbons (Fsp3) is 0.0400. The smallest absolute Gasteiger partial charge is 0.0541 e. The summed E-state index contributed by atoms with van der Waals surface area (Å²) in [6.45, 7) is 2.25. The van der Waals surface area contributed by atoms with Gasteiger partial charge < -0.3 is 4.57 Å². The van der Waals surface area contributed by atoms with Gasteiger partial charge in [-0.3, -0.25) is 0 Å². The fourth-order valence-electron chi connectivity index (χ4n) is 8.54. The zero-order chi connectivity index (χ0) is 33.9. The highest BCUT2D eigenvalue weighted by atomic mass is 15.0. The van der Waals surface area contributed by atoms with Crippen LogP contribution in [-0.4, -0.2) is 4.57 Å². The summed E-state index contributed by atoms with van der Waals surface area (Å²) in [6.07, 6.45) is 0.993. The first-order chi connectivity index (χ1) is 25.3. The SMILES string of the molecule is CCc1ccccc1-c1ccc2c(-c3ccc(-n4c5ccccc5c5ccccc54)c4ccccc34)c3ccccc3c(-c3ccccc3)c2c1. The molecule has 0 fully saturated rings. The van der Waals surface area contributed by atoms with E-state index >= 15 is 0 Å². The largest absolute Gasteiger partial charge is 0.309 e. The predicted molar refractivity (Wildman–Crippen MR) is 219 cm³/mol. The van der Waals surface area contributed by atoms with E-state index in [4.69, 9.17) is 0 Å². The third kappa shape index (κ3) is 4.55. The molecule has 0 aliphatic carbocycles. The van der Waals surface area contributed by atoms with E-state index in [0.717, 1.165) is 6.42 Å². The molecule has 0 spiro atoms. The highest BCUT2D eigenvalue weighted by Crippen LogP contribution is 2.47. The zero-order valence-corrected chi connectivity index (χ0v) is 28.5. The molecule has 9 aromatic carbocycles. The second kappa shape index (κ2) is 11.9. The first kappa shape index (κ1) is 29.5. The van der Waals surface area contributed by atoms with Crippen LogP contribution in [0.2, 0.25) is 0 Å². The van der Waals surface area contributed by atoms with Crippen LogP contribution in [-0.2, 0) is 6.42 Å². The van der Waals surface area contributed by atoms with Crippen molar-refractivity contribution in [2.24, 2.45) is 0 Å². The Morgan fingerprint density at radius 1 is 0.353 bits per heavy atom. The van der Waals surface area contributed by atoms with Gasteiger partial charge in [0.1, 0.15) is 0 Å². The number of hydrogen-bond acceptors (Lipinski definition) is 0. The molecular formula is C50H35N. The number of hydrogen-bond donors (Lipinski definition) is 0. The summed E-state index contributed by atoms with van der Waals surface area (Å²) in [6, 6.07) is 67.1. The molecule has 51 heavy (non-hydrogen) atoms. The summed E-state index contributed by atoms with van der Waals surface area (Å²) in [5, 5.41) is 10.1. The number of fused-ring (bicyclic) bond motifs is 6. The molecule has 0 amide bonds. The second-order valence-corrected chi connectivity index (χ2v) is 13.5. The third-order valence-corrected chi connectivity index (χ3v) is 10.8. The number of benzene rings is 9. The van der Waals surface area contributed by atoms with Gasteiger partial charge in [-0.15, -0.1) is 0 Å². The van der Waals surface area contributed by atoms with Crippen LogP contribution in [0.15, 0.2) is 182 Å². The Hall–Kier alpha value is -6.44. The maximum absolute atomic E-state index is 2.45. The van der Waals surface area contributed by atoms with E-state index in [2.05, 4.69) is 193 Å². The van der Waals surface area contributed by atoms with Crippen molar-refractivity contribution in [3.8, 4) is 39.1 Å². The van der Waals surface area contributed by atoms with Gasteiger partial charge in [0.2, 0.25) is 0 Å². The van der Waals surface area contributed by atoms with E-state index in [9.17, 15) is 0 Å². The minimum absolute atomic E-state index is 0.993. The second-order valence-electron chi connectivity index (χ2n) is 13.5. The van der Waals surface area contributed by atoms with Gasteiger partial charge in [0.15, 0.2) is 0 Å². The molecular weight excluding hydrogens is 615 g/mol. The Bertz CT molecular complexity index is 2890. The molecule has 240 valence electrons. The number of rotatable bonds is 5. The van der Waals surface area contributed by atoms with Gasteiger partial charge in [-0.2, -0.15) is 0 Å². The Morgan fingerprint density at radius 2 is 0.902 bits per heavy atom. The summed E-state index contributed by atoms with van der Waals surface area (Å²) in [5.41, 5.74) is 12.6. The summed E-state index contributed by atoms with van der Waals surface area (Å²) in [7, 11) is 0. The zero-order valence-electron chi connectivity index (χ0n) is 28.5. The van der Waals surface area contributed by atoms with Crippen molar-refractivity contribution >= 4 is 54.1 Å². The van der Waals surface area contributed by atoms with Gasteiger partial charge in [0.25, 0.3) is 0 Å². The number of aryl methyl sites for hydroxylation is 1. The standard InChI is InChI=1S/C50H35N/c1-2-33-16-6-7-19-36(33)35-28-29-44-45(32-35)49(34-17-4-3-5-18-34)41-24-10-11-25-42(41)50(44)43-30-31-48(38-21-9-8-20-37(38)43)51-46-26-14-12-22-39(46)40-23-13-15-27-47(40)51/h3-32H,2H2,1H3. The van der Waals surface area contributed by atoms with Crippen molar-refractivity contribution in [1.29, 1.82) is 0 Å².